The maximum absolute atomic E-state index is 12.0. The molecule has 0 saturated carbocycles. The van der Waals surface area contributed by atoms with Crippen molar-refractivity contribution in [2.75, 3.05) is 6.61 Å². The lowest BCUT2D eigenvalue weighted by atomic mass is 9.91. The van der Waals surface area contributed by atoms with Gasteiger partial charge < -0.3 is 9.15 Å². The molecule has 1 unspecified atom stereocenters. The first-order valence-corrected chi connectivity index (χ1v) is 8.21. The van der Waals surface area contributed by atoms with Gasteiger partial charge in [0.15, 0.2) is 10.8 Å². The molecule has 6 heteroatoms. The van der Waals surface area contributed by atoms with E-state index < -0.39 is 0 Å². The molecule has 2 aromatic rings. The minimum Gasteiger partial charge on any atom is -0.465 e. The fourth-order valence-corrected chi connectivity index (χ4v) is 4.12. The van der Waals surface area contributed by atoms with Gasteiger partial charge in [-0.2, -0.15) is 0 Å². The van der Waals surface area contributed by atoms with Gasteiger partial charge in [0.05, 0.1) is 23.0 Å². The van der Waals surface area contributed by atoms with Crippen LogP contribution in [-0.4, -0.2) is 17.6 Å². The summed E-state index contributed by atoms with van der Waals surface area (Å²) < 4.78 is 11.5. The molecule has 1 atom stereocenters. The highest BCUT2D eigenvalue weighted by Crippen LogP contribution is 2.40. The van der Waals surface area contributed by atoms with Crippen molar-refractivity contribution in [1.29, 1.82) is 0 Å². The van der Waals surface area contributed by atoms with Crippen molar-refractivity contribution in [2.24, 2.45) is 0 Å². The Kier molecular flexibility index (Phi) is 3.94. The second-order valence-electron chi connectivity index (χ2n) is 4.62. The SMILES string of the molecule is CCOC(=O)C1CCCc2sc(-c3occc3Br)nc21. The number of hydrogen-bond acceptors (Lipinski definition) is 5. The van der Waals surface area contributed by atoms with Gasteiger partial charge in [0.2, 0.25) is 0 Å². The van der Waals surface area contributed by atoms with Crippen molar-refractivity contribution in [2.45, 2.75) is 32.1 Å². The molecule has 4 nitrogen and oxygen atoms in total. The molecule has 0 aromatic carbocycles. The van der Waals surface area contributed by atoms with Crippen molar-refractivity contribution in [1.82, 2.24) is 4.98 Å². The van der Waals surface area contributed by atoms with Crippen LogP contribution in [0.2, 0.25) is 0 Å². The molecule has 0 spiro atoms. The van der Waals surface area contributed by atoms with E-state index >= 15 is 0 Å². The Balaban J connectivity index is 1.97. The number of rotatable bonds is 3. The second-order valence-corrected chi connectivity index (χ2v) is 6.56. The zero-order valence-electron chi connectivity index (χ0n) is 11.0. The third-order valence-electron chi connectivity index (χ3n) is 3.34. The van der Waals surface area contributed by atoms with Crippen LogP contribution in [0.15, 0.2) is 21.2 Å². The van der Waals surface area contributed by atoms with Gasteiger partial charge in [-0.15, -0.1) is 11.3 Å². The minimum atomic E-state index is -0.225. The number of aryl methyl sites for hydroxylation is 1. The summed E-state index contributed by atoms with van der Waals surface area (Å²) in [6, 6.07) is 1.85. The Bertz CT molecular complexity index is 634. The molecule has 20 heavy (non-hydrogen) atoms. The maximum Gasteiger partial charge on any atom is 0.315 e. The highest BCUT2D eigenvalue weighted by Gasteiger charge is 2.32. The first-order chi connectivity index (χ1) is 9.70. The fraction of sp³-hybridized carbons (Fsp3) is 0.429. The first-order valence-electron chi connectivity index (χ1n) is 6.60. The predicted molar refractivity (Wildman–Crippen MR) is 79.8 cm³/mol. The van der Waals surface area contributed by atoms with Gasteiger partial charge >= 0.3 is 5.97 Å². The monoisotopic (exact) mass is 355 g/mol. The van der Waals surface area contributed by atoms with Gasteiger partial charge in [0.25, 0.3) is 0 Å². The molecule has 0 saturated heterocycles. The lowest BCUT2D eigenvalue weighted by molar-refractivity contribution is -0.145. The Morgan fingerprint density at radius 3 is 3.20 bits per heavy atom. The summed E-state index contributed by atoms with van der Waals surface area (Å²) in [4.78, 5) is 17.8. The molecule has 0 amide bonds. The van der Waals surface area contributed by atoms with E-state index in [-0.39, 0.29) is 11.9 Å². The standard InChI is InChI=1S/C14H14BrNO3S/c1-2-18-14(17)8-4-3-5-10-11(8)16-13(20-10)12-9(15)6-7-19-12/h6-8H,2-5H2,1H3. The summed E-state index contributed by atoms with van der Waals surface area (Å²) in [6.07, 6.45) is 4.41. The van der Waals surface area contributed by atoms with Gasteiger partial charge in [-0.05, 0) is 48.2 Å². The number of hydrogen-bond donors (Lipinski definition) is 0. The van der Waals surface area contributed by atoms with E-state index in [9.17, 15) is 4.79 Å². The van der Waals surface area contributed by atoms with E-state index in [1.54, 1.807) is 17.6 Å². The zero-order valence-corrected chi connectivity index (χ0v) is 13.4. The molecular formula is C14H14BrNO3S. The van der Waals surface area contributed by atoms with Crippen LogP contribution in [0, 0.1) is 0 Å². The number of halogens is 1. The molecular weight excluding hydrogens is 342 g/mol. The third kappa shape index (κ3) is 2.42. The Morgan fingerprint density at radius 2 is 2.50 bits per heavy atom. The van der Waals surface area contributed by atoms with Crippen LogP contribution in [0.1, 0.15) is 36.3 Å². The summed E-state index contributed by atoms with van der Waals surface area (Å²) in [6.45, 7) is 2.24. The molecule has 0 N–H and O–H groups in total. The first kappa shape index (κ1) is 13.8. The Labute approximate surface area is 129 Å². The molecule has 1 aliphatic carbocycles. The number of esters is 1. The zero-order chi connectivity index (χ0) is 14.1. The largest absolute Gasteiger partial charge is 0.465 e. The molecule has 106 valence electrons. The number of carbonyl (C=O) groups is 1. The van der Waals surface area contributed by atoms with Crippen LogP contribution in [0.4, 0.5) is 0 Å². The van der Waals surface area contributed by atoms with E-state index in [2.05, 4.69) is 20.9 Å². The predicted octanol–water partition coefficient (Wildman–Crippen LogP) is 4.15. The molecule has 2 heterocycles. The normalized spacial score (nSPS) is 17.8. The van der Waals surface area contributed by atoms with Gasteiger partial charge in [-0.3, -0.25) is 4.79 Å². The lowest BCUT2D eigenvalue weighted by Gasteiger charge is -2.19. The van der Waals surface area contributed by atoms with Gasteiger partial charge in [-0.25, -0.2) is 4.98 Å². The van der Waals surface area contributed by atoms with Crippen LogP contribution < -0.4 is 0 Å². The van der Waals surface area contributed by atoms with E-state index in [1.807, 2.05) is 13.0 Å². The Morgan fingerprint density at radius 1 is 1.65 bits per heavy atom. The number of furan rings is 1. The second kappa shape index (κ2) is 5.69. The van der Waals surface area contributed by atoms with Crippen LogP contribution in [-0.2, 0) is 16.0 Å². The summed E-state index contributed by atoms with van der Waals surface area (Å²) in [5, 5.41) is 0.822. The van der Waals surface area contributed by atoms with Crippen molar-refractivity contribution < 1.29 is 13.9 Å². The van der Waals surface area contributed by atoms with Crippen molar-refractivity contribution in [3.8, 4) is 10.8 Å². The fourth-order valence-electron chi connectivity index (χ4n) is 2.43. The van der Waals surface area contributed by atoms with Crippen molar-refractivity contribution in [3.63, 3.8) is 0 Å². The van der Waals surface area contributed by atoms with Crippen LogP contribution in [0.5, 0.6) is 0 Å². The summed E-state index contributed by atoms with van der Waals surface area (Å²) in [5.74, 6) is 0.341. The van der Waals surface area contributed by atoms with Crippen molar-refractivity contribution in [3.05, 3.63) is 27.4 Å². The topological polar surface area (TPSA) is 52.3 Å². The molecule has 0 aliphatic heterocycles. The van der Waals surface area contributed by atoms with E-state index in [0.29, 0.717) is 6.61 Å². The Hall–Kier alpha value is -1.14. The molecule has 0 fully saturated rings. The number of aromatic nitrogens is 1. The molecule has 0 radical (unpaired) electrons. The van der Waals surface area contributed by atoms with E-state index in [4.69, 9.17) is 9.15 Å². The summed E-state index contributed by atoms with van der Waals surface area (Å²) >= 11 is 5.05. The van der Waals surface area contributed by atoms with E-state index in [0.717, 1.165) is 40.2 Å². The highest BCUT2D eigenvalue weighted by molar-refractivity contribution is 9.10. The van der Waals surface area contributed by atoms with E-state index in [1.165, 1.54) is 4.88 Å². The minimum absolute atomic E-state index is 0.163. The number of nitrogens with zero attached hydrogens (tertiary/aromatic N) is 1. The number of thiazole rings is 1. The number of fused-ring (bicyclic) bond motifs is 1. The molecule has 0 bridgehead atoms. The average molecular weight is 356 g/mol. The molecule has 2 aromatic heterocycles. The summed E-state index contributed by atoms with van der Waals surface area (Å²) in [7, 11) is 0. The van der Waals surface area contributed by atoms with Gasteiger partial charge in [0.1, 0.15) is 5.92 Å². The third-order valence-corrected chi connectivity index (χ3v) is 5.09. The molecule has 3 rings (SSSR count). The van der Waals surface area contributed by atoms with Crippen LogP contribution in [0.3, 0.4) is 0 Å². The number of ether oxygens (including phenoxy) is 1. The van der Waals surface area contributed by atoms with Crippen LogP contribution in [0.25, 0.3) is 10.8 Å². The molecule has 1 aliphatic rings. The van der Waals surface area contributed by atoms with Crippen molar-refractivity contribution >= 4 is 33.2 Å². The van der Waals surface area contributed by atoms with Crippen LogP contribution >= 0.6 is 27.3 Å². The quantitative estimate of drug-likeness (QED) is 0.776. The summed E-state index contributed by atoms with van der Waals surface area (Å²) in [5.41, 5.74) is 0.873. The van der Waals surface area contributed by atoms with Gasteiger partial charge in [0, 0.05) is 4.88 Å². The van der Waals surface area contributed by atoms with Gasteiger partial charge in [-0.1, -0.05) is 0 Å². The lowest BCUT2D eigenvalue weighted by Crippen LogP contribution is -2.20. The average Bonchev–Trinajstić information content (AvgIpc) is 3.03. The smallest absolute Gasteiger partial charge is 0.315 e. The maximum atomic E-state index is 12.0. The highest BCUT2D eigenvalue weighted by atomic mass is 79.9. The number of carbonyl (C=O) groups excluding carboxylic acids is 1.